The Balaban J connectivity index is 2.57. The molecule has 0 unspecified atom stereocenters. The van der Waals surface area contributed by atoms with Crippen molar-refractivity contribution < 1.29 is 9.90 Å². The molecule has 0 saturated carbocycles. The molecule has 0 aliphatic carbocycles. The Morgan fingerprint density at radius 2 is 2.31 bits per heavy atom. The standard InChI is InChI=1S/C11H7N3O2/c1-12-10-6-8(11(15)16)7-14(10)9-4-2-3-5-13-9/h2-7H,(H,15,16). The Bertz CT molecular complexity index is 567. The summed E-state index contributed by atoms with van der Waals surface area (Å²) in [5.74, 6) is -0.295. The highest BCUT2D eigenvalue weighted by molar-refractivity contribution is 5.89. The second kappa shape index (κ2) is 3.87. The third-order valence-corrected chi connectivity index (χ3v) is 2.06. The van der Waals surface area contributed by atoms with Crippen LogP contribution >= 0.6 is 0 Å². The maximum atomic E-state index is 10.8. The van der Waals surface area contributed by atoms with Gasteiger partial charge in [0, 0.05) is 12.3 Å². The van der Waals surface area contributed by atoms with Gasteiger partial charge in [-0.25, -0.2) is 14.3 Å². The maximum Gasteiger partial charge on any atom is 0.338 e. The summed E-state index contributed by atoms with van der Waals surface area (Å²) in [6.45, 7) is 6.97. The van der Waals surface area contributed by atoms with Gasteiger partial charge in [0.1, 0.15) is 0 Å². The number of rotatable bonds is 2. The Kier molecular flexibility index (Phi) is 2.40. The Hall–Kier alpha value is -2.61. The molecule has 0 fully saturated rings. The summed E-state index contributed by atoms with van der Waals surface area (Å²) < 4.78 is 1.45. The van der Waals surface area contributed by atoms with Gasteiger partial charge in [0.2, 0.25) is 11.6 Å². The van der Waals surface area contributed by atoms with Crippen LogP contribution in [0.2, 0.25) is 0 Å². The van der Waals surface area contributed by atoms with Crippen molar-refractivity contribution in [1.82, 2.24) is 9.55 Å². The van der Waals surface area contributed by atoms with E-state index in [-0.39, 0.29) is 11.4 Å². The fourth-order valence-corrected chi connectivity index (χ4v) is 1.33. The van der Waals surface area contributed by atoms with Gasteiger partial charge in [-0.3, -0.25) is 0 Å². The van der Waals surface area contributed by atoms with E-state index in [9.17, 15) is 4.79 Å². The molecule has 0 aromatic carbocycles. The van der Waals surface area contributed by atoms with Crippen molar-refractivity contribution >= 4 is 11.8 Å². The van der Waals surface area contributed by atoms with Gasteiger partial charge in [0.25, 0.3) is 0 Å². The number of aromatic nitrogens is 2. The first-order valence-corrected chi connectivity index (χ1v) is 4.47. The summed E-state index contributed by atoms with van der Waals surface area (Å²) in [5.41, 5.74) is 0.0802. The molecular formula is C11H7N3O2. The monoisotopic (exact) mass is 213 g/mol. The quantitative estimate of drug-likeness (QED) is 0.777. The number of carbonyl (C=O) groups is 1. The average Bonchev–Trinajstić information content (AvgIpc) is 2.74. The minimum Gasteiger partial charge on any atom is -0.478 e. The van der Waals surface area contributed by atoms with Crippen LogP contribution in [-0.4, -0.2) is 20.6 Å². The van der Waals surface area contributed by atoms with E-state index in [0.717, 1.165) is 0 Å². The number of carboxylic acids is 1. The average molecular weight is 213 g/mol. The molecule has 0 atom stereocenters. The lowest BCUT2D eigenvalue weighted by Crippen LogP contribution is -1.96. The van der Waals surface area contributed by atoms with E-state index in [4.69, 9.17) is 11.7 Å². The minimum atomic E-state index is -1.06. The van der Waals surface area contributed by atoms with Crippen LogP contribution < -0.4 is 0 Å². The maximum absolute atomic E-state index is 10.8. The summed E-state index contributed by atoms with van der Waals surface area (Å²) >= 11 is 0. The van der Waals surface area contributed by atoms with Gasteiger partial charge >= 0.3 is 5.97 Å². The van der Waals surface area contributed by atoms with Gasteiger partial charge in [-0.2, -0.15) is 0 Å². The largest absolute Gasteiger partial charge is 0.478 e. The summed E-state index contributed by atoms with van der Waals surface area (Å²) in [4.78, 5) is 18.1. The van der Waals surface area contributed by atoms with Crippen LogP contribution in [-0.2, 0) is 0 Å². The van der Waals surface area contributed by atoms with Gasteiger partial charge in [-0.1, -0.05) is 12.6 Å². The van der Waals surface area contributed by atoms with E-state index < -0.39 is 5.97 Å². The van der Waals surface area contributed by atoms with Crippen molar-refractivity contribution in [2.75, 3.05) is 0 Å². The molecule has 5 nitrogen and oxygen atoms in total. The smallest absolute Gasteiger partial charge is 0.338 e. The van der Waals surface area contributed by atoms with Gasteiger partial charge in [0.05, 0.1) is 11.8 Å². The van der Waals surface area contributed by atoms with Crippen LogP contribution in [0.4, 0.5) is 5.82 Å². The highest BCUT2D eigenvalue weighted by Gasteiger charge is 2.14. The number of hydrogen-bond donors (Lipinski definition) is 1. The first-order valence-electron chi connectivity index (χ1n) is 4.47. The zero-order valence-corrected chi connectivity index (χ0v) is 8.16. The topological polar surface area (TPSA) is 59.5 Å². The Labute approximate surface area is 91.4 Å². The fourth-order valence-electron chi connectivity index (χ4n) is 1.33. The minimum absolute atomic E-state index is 0.0802. The molecule has 5 heteroatoms. The molecule has 0 aliphatic heterocycles. The zero-order chi connectivity index (χ0) is 11.5. The van der Waals surface area contributed by atoms with Gasteiger partial charge < -0.3 is 9.95 Å². The molecule has 78 valence electrons. The molecule has 2 aromatic rings. The van der Waals surface area contributed by atoms with Crippen molar-refractivity contribution in [2.45, 2.75) is 0 Å². The highest BCUT2D eigenvalue weighted by Crippen LogP contribution is 2.21. The van der Waals surface area contributed by atoms with Crippen molar-refractivity contribution in [3.8, 4) is 5.82 Å². The number of carboxylic acid groups (broad SMARTS) is 1. The van der Waals surface area contributed by atoms with Crippen molar-refractivity contribution in [2.24, 2.45) is 0 Å². The second-order valence-electron chi connectivity index (χ2n) is 3.06. The lowest BCUT2D eigenvalue weighted by molar-refractivity contribution is 0.0697. The predicted octanol–water partition coefficient (Wildman–Crippen LogP) is 2.12. The van der Waals surface area contributed by atoms with Crippen molar-refractivity contribution in [3.63, 3.8) is 0 Å². The van der Waals surface area contributed by atoms with Crippen LogP contribution in [0.25, 0.3) is 10.7 Å². The molecule has 1 N–H and O–H groups in total. The van der Waals surface area contributed by atoms with E-state index in [2.05, 4.69) is 9.83 Å². The molecule has 2 rings (SSSR count). The Morgan fingerprint density at radius 1 is 1.50 bits per heavy atom. The molecule has 0 radical (unpaired) electrons. The molecule has 2 heterocycles. The van der Waals surface area contributed by atoms with Crippen molar-refractivity contribution in [3.05, 3.63) is 53.6 Å². The van der Waals surface area contributed by atoms with Crippen LogP contribution in [0, 0.1) is 6.57 Å². The molecule has 16 heavy (non-hydrogen) atoms. The third kappa shape index (κ3) is 1.64. The first-order chi connectivity index (χ1) is 7.72. The SMILES string of the molecule is [C-]#[N+]c1cc(C(=O)O)cn1-c1ccccn1. The van der Waals surface area contributed by atoms with Gasteiger partial charge in [0.15, 0.2) is 0 Å². The lowest BCUT2D eigenvalue weighted by atomic mass is 10.3. The van der Waals surface area contributed by atoms with Crippen LogP contribution in [0.1, 0.15) is 10.4 Å². The molecule has 0 aliphatic rings. The third-order valence-electron chi connectivity index (χ3n) is 2.06. The van der Waals surface area contributed by atoms with E-state index in [1.165, 1.54) is 16.8 Å². The van der Waals surface area contributed by atoms with E-state index in [1.54, 1.807) is 24.4 Å². The Morgan fingerprint density at radius 3 is 2.88 bits per heavy atom. The zero-order valence-electron chi connectivity index (χ0n) is 8.16. The number of hydrogen-bond acceptors (Lipinski definition) is 2. The summed E-state index contributed by atoms with van der Waals surface area (Å²) in [7, 11) is 0. The molecule has 0 saturated heterocycles. The van der Waals surface area contributed by atoms with E-state index >= 15 is 0 Å². The summed E-state index contributed by atoms with van der Waals surface area (Å²) in [5, 5.41) is 8.83. The van der Waals surface area contributed by atoms with Crippen LogP contribution in [0.5, 0.6) is 0 Å². The van der Waals surface area contributed by atoms with Crippen molar-refractivity contribution in [1.29, 1.82) is 0 Å². The lowest BCUT2D eigenvalue weighted by Gasteiger charge is -1.98. The number of aromatic carboxylic acids is 1. The van der Waals surface area contributed by atoms with Gasteiger partial charge in [-0.05, 0) is 12.1 Å². The molecule has 0 amide bonds. The first kappa shape index (κ1) is 9.93. The fraction of sp³-hybridized carbons (Fsp3) is 0. The molecular weight excluding hydrogens is 206 g/mol. The van der Waals surface area contributed by atoms with Crippen LogP contribution in [0.15, 0.2) is 36.7 Å². The second-order valence-corrected chi connectivity index (χ2v) is 3.06. The summed E-state index contributed by atoms with van der Waals surface area (Å²) in [6, 6.07) is 6.56. The van der Waals surface area contributed by atoms with Crippen LogP contribution in [0.3, 0.4) is 0 Å². The summed E-state index contributed by atoms with van der Waals surface area (Å²) in [6.07, 6.45) is 2.97. The predicted molar refractivity (Wildman–Crippen MR) is 56.8 cm³/mol. The van der Waals surface area contributed by atoms with Gasteiger partial charge in [-0.15, -0.1) is 0 Å². The highest BCUT2D eigenvalue weighted by atomic mass is 16.4. The molecule has 0 bridgehead atoms. The number of nitrogens with zero attached hydrogens (tertiary/aromatic N) is 3. The number of pyridine rings is 1. The van der Waals surface area contributed by atoms with E-state index in [0.29, 0.717) is 5.82 Å². The molecule has 2 aromatic heterocycles. The molecule has 0 spiro atoms. The van der Waals surface area contributed by atoms with E-state index in [1.807, 2.05) is 0 Å². The normalized spacial score (nSPS) is 9.69.